The molecule has 0 aromatic carbocycles. The number of nitrogens with zero attached hydrogens (tertiary/aromatic N) is 1. The number of rotatable bonds is 6. The monoisotopic (exact) mass is 274 g/mol. The average molecular weight is 274 g/mol. The van der Waals surface area contributed by atoms with Gasteiger partial charge in [-0.2, -0.15) is 0 Å². The Kier molecular flexibility index (Phi) is 6.04. The second-order valence-electron chi connectivity index (χ2n) is 4.58. The summed E-state index contributed by atoms with van der Waals surface area (Å²) in [6.45, 7) is 2.68. The van der Waals surface area contributed by atoms with Gasteiger partial charge in [-0.15, -0.1) is 0 Å². The van der Waals surface area contributed by atoms with Crippen LogP contribution in [-0.4, -0.2) is 67.6 Å². The smallest absolute Gasteiger partial charge is 0.326 e. The van der Waals surface area contributed by atoms with Crippen LogP contribution in [0.2, 0.25) is 0 Å². The third kappa shape index (κ3) is 4.07. The quantitative estimate of drug-likeness (QED) is 0.727. The largest absolute Gasteiger partial charge is 0.480 e. The minimum Gasteiger partial charge on any atom is -0.480 e. The molecule has 0 saturated carbocycles. The van der Waals surface area contributed by atoms with Crippen molar-refractivity contribution in [1.82, 2.24) is 10.2 Å². The van der Waals surface area contributed by atoms with Crippen LogP contribution in [0, 0.1) is 0 Å². The number of carbonyl (C=O) groups excluding carboxylic acids is 1. The van der Waals surface area contributed by atoms with Crippen LogP contribution in [0.1, 0.15) is 19.8 Å². The summed E-state index contributed by atoms with van der Waals surface area (Å²) in [5, 5.41) is 11.5. The van der Waals surface area contributed by atoms with Gasteiger partial charge in [0.1, 0.15) is 18.2 Å². The summed E-state index contributed by atoms with van der Waals surface area (Å²) in [6, 6.07) is -1.23. The van der Waals surface area contributed by atoms with E-state index in [0.29, 0.717) is 25.9 Å². The third-order valence-corrected chi connectivity index (χ3v) is 3.28. The minimum absolute atomic E-state index is 0.176. The Labute approximate surface area is 112 Å². The van der Waals surface area contributed by atoms with Crippen LogP contribution in [0.4, 0.5) is 4.79 Å². The van der Waals surface area contributed by atoms with Crippen molar-refractivity contribution in [3.8, 4) is 0 Å². The van der Waals surface area contributed by atoms with Crippen molar-refractivity contribution in [3.63, 3.8) is 0 Å². The topological polar surface area (TPSA) is 88.1 Å². The maximum atomic E-state index is 12.0. The van der Waals surface area contributed by atoms with Gasteiger partial charge in [-0.3, -0.25) is 0 Å². The van der Waals surface area contributed by atoms with Crippen LogP contribution in [-0.2, 0) is 14.3 Å². The van der Waals surface area contributed by atoms with Gasteiger partial charge in [0.2, 0.25) is 0 Å². The number of hydrogen-bond donors (Lipinski definition) is 2. The van der Waals surface area contributed by atoms with Crippen LogP contribution < -0.4 is 5.32 Å². The van der Waals surface area contributed by atoms with Crippen molar-refractivity contribution in [2.75, 3.05) is 27.3 Å². The lowest BCUT2D eigenvalue weighted by atomic mass is 10.2. The molecule has 1 aliphatic heterocycles. The van der Waals surface area contributed by atoms with E-state index >= 15 is 0 Å². The van der Waals surface area contributed by atoms with Crippen LogP contribution in [0.5, 0.6) is 0 Å². The van der Waals surface area contributed by atoms with Gasteiger partial charge in [0.25, 0.3) is 0 Å². The predicted octanol–water partition coefficient (Wildman–Crippen LogP) is 0.295. The fourth-order valence-electron chi connectivity index (χ4n) is 2.15. The Bertz CT molecular complexity index is 311. The summed E-state index contributed by atoms with van der Waals surface area (Å²) in [7, 11) is 3.13. The number of ether oxygens (including phenoxy) is 2. The first-order valence-corrected chi connectivity index (χ1v) is 6.37. The summed E-state index contributed by atoms with van der Waals surface area (Å²) in [6.07, 6.45) is 0.755. The Balaban J connectivity index is 2.56. The van der Waals surface area contributed by atoms with Gasteiger partial charge < -0.3 is 24.8 Å². The number of amides is 2. The molecule has 0 aromatic heterocycles. The normalized spacial score (nSPS) is 24.3. The molecule has 0 aliphatic carbocycles. The average Bonchev–Trinajstić information content (AvgIpc) is 2.81. The van der Waals surface area contributed by atoms with Crippen LogP contribution in [0.25, 0.3) is 0 Å². The number of carbonyl (C=O) groups is 2. The van der Waals surface area contributed by atoms with Crippen LogP contribution >= 0.6 is 0 Å². The van der Waals surface area contributed by atoms with Crippen molar-refractivity contribution in [2.24, 2.45) is 0 Å². The zero-order valence-electron chi connectivity index (χ0n) is 11.6. The molecule has 1 rings (SSSR count). The van der Waals surface area contributed by atoms with Gasteiger partial charge in [-0.25, -0.2) is 9.59 Å². The highest BCUT2D eigenvalue weighted by atomic mass is 16.5. The molecule has 1 heterocycles. The maximum absolute atomic E-state index is 12.0. The molecule has 1 fully saturated rings. The van der Waals surface area contributed by atoms with E-state index in [1.807, 2.05) is 6.92 Å². The van der Waals surface area contributed by atoms with Gasteiger partial charge >= 0.3 is 12.0 Å². The number of nitrogens with one attached hydrogen (secondary N) is 1. The second kappa shape index (κ2) is 7.30. The number of hydrogen-bond acceptors (Lipinski definition) is 4. The highest BCUT2D eigenvalue weighted by molar-refractivity contribution is 5.82. The van der Waals surface area contributed by atoms with E-state index in [-0.39, 0.29) is 18.2 Å². The van der Waals surface area contributed by atoms with Crippen LogP contribution in [0.15, 0.2) is 0 Å². The molecule has 2 N–H and O–H groups in total. The molecule has 0 radical (unpaired) electrons. The van der Waals surface area contributed by atoms with Crippen LogP contribution in [0.3, 0.4) is 0 Å². The summed E-state index contributed by atoms with van der Waals surface area (Å²) >= 11 is 0. The van der Waals surface area contributed by atoms with E-state index in [1.54, 1.807) is 14.2 Å². The van der Waals surface area contributed by atoms with Crippen molar-refractivity contribution in [2.45, 2.75) is 38.0 Å². The van der Waals surface area contributed by atoms with Gasteiger partial charge in [0.05, 0.1) is 13.1 Å². The van der Waals surface area contributed by atoms with E-state index in [9.17, 15) is 9.59 Å². The van der Waals surface area contributed by atoms with Crippen molar-refractivity contribution in [3.05, 3.63) is 0 Å². The first-order chi connectivity index (χ1) is 9.03. The molecular weight excluding hydrogens is 252 g/mol. The molecule has 110 valence electrons. The summed E-state index contributed by atoms with van der Waals surface area (Å²) in [4.78, 5) is 24.5. The highest BCUT2D eigenvalue weighted by Gasteiger charge is 2.36. The van der Waals surface area contributed by atoms with Gasteiger partial charge in [0.15, 0.2) is 0 Å². The summed E-state index contributed by atoms with van der Waals surface area (Å²) < 4.78 is 10.5. The molecule has 0 bridgehead atoms. The number of likely N-dealkylation sites (tertiary alicyclic amines) is 1. The fraction of sp³-hybridized carbons (Fsp3) is 0.833. The number of carboxylic acid groups (broad SMARTS) is 1. The second-order valence-corrected chi connectivity index (χ2v) is 4.58. The molecule has 1 saturated heterocycles. The first-order valence-electron chi connectivity index (χ1n) is 6.37. The number of aliphatic carboxylic acids is 1. The van der Waals surface area contributed by atoms with E-state index in [4.69, 9.17) is 14.6 Å². The van der Waals surface area contributed by atoms with Gasteiger partial charge in [-0.05, 0) is 6.42 Å². The van der Waals surface area contributed by atoms with Crippen molar-refractivity contribution in [1.29, 1.82) is 0 Å². The SMILES string of the molecule is CCCC(NC(=O)N1CC(OC)C(OC)C1)C(=O)O. The zero-order valence-corrected chi connectivity index (χ0v) is 11.6. The molecule has 7 nitrogen and oxygen atoms in total. The molecule has 0 spiro atoms. The maximum Gasteiger partial charge on any atom is 0.326 e. The van der Waals surface area contributed by atoms with Gasteiger partial charge in [-0.1, -0.05) is 13.3 Å². The Morgan fingerprint density at radius 3 is 2.21 bits per heavy atom. The molecule has 3 atom stereocenters. The van der Waals surface area contributed by atoms with E-state index < -0.39 is 12.0 Å². The zero-order chi connectivity index (χ0) is 14.4. The predicted molar refractivity (Wildman–Crippen MR) is 68.0 cm³/mol. The van der Waals surface area contributed by atoms with E-state index in [0.717, 1.165) is 0 Å². The Morgan fingerprint density at radius 2 is 1.84 bits per heavy atom. The molecule has 0 aromatic rings. The molecule has 1 aliphatic rings. The number of carboxylic acids is 1. The van der Waals surface area contributed by atoms with Crippen molar-refractivity contribution >= 4 is 12.0 Å². The lowest BCUT2D eigenvalue weighted by molar-refractivity contribution is -0.139. The molecule has 19 heavy (non-hydrogen) atoms. The molecule has 3 unspecified atom stereocenters. The van der Waals surface area contributed by atoms with E-state index in [1.165, 1.54) is 4.90 Å². The molecular formula is C12H22N2O5. The third-order valence-electron chi connectivity index (χ3n) is 3.28. The molecule has 2 amide bonds. The number of urea groups is 1. The lowest BCUT2D eigenvalue weighted by Gasteiger charge is -2.20. The summed E-state index contributed by atoms with van der Waals surface area (Å²) in [5.74, 6) is -1.01. The van der Waals surface area contributed by atoms with Crippen molar-refractivity contribution < 1.29 is 24.2 Å². The van der Waals surface area contributed by atoms with Gasteiger partial charge in [0, 0.05) is 14.2 Å². The Hall–Kier alpha value is -1.34. The Morgan fingerprint density at radius 1 is 1.32 bits per heavy atom. The standard InChI is InChI=1S/C12H22N2O5/c1-4-5-8(11(15)16)13-12(17)14-6-9(18-2)10(7-14)19-3/h8-10H,4-7H2,1-3H3,(H,13,17)(H,15,16). The first kappa shape index (κ1) is 15.7. The fourth-order valence-corrected chi connectivity index (χ4v) is 2.15. The summed E-state index contributed by atoms with van der Waals surface area (Å²) in [5.41, 5.74) is 0. The minimum atomic E-state index is -1.01. The van der Waals surface area contributed by atoms with E-state index in [2.05, 4.69) is 5.32 Å². The highest BCUT2D eigenvalue weighted by Crippen LogP contribution is 2.16. The number of methoxy groups -OCH3 is 2. The molecule has 7 heteroatoms. The lowest BCUT2D eigenvalue weighted by Crippen LogP contribution is -2.47.